The fraction of sp³-hybridized carbons (Fsp3) is 0.533. The number of hydrogen-bond donors (Lipinski definition) is 1. The molecule has 1 aliphatic rings. The lowest BCUT2D eigenvalue weighted by atomic mass is 10.1. The highest BCUT2D eigenvalue weighted by Crippen LogP contribution is 2.22. The van der Waals surface area contributed by atoms with Gasteiger partial charge in [0.2, 0.25) is 5.91 Å². The van der Waals surface area contributed by atoms with Gasteiger partial charge in [0.1, 0.15) is 0 Å². The van der Waals surface area contributed by atoms with E-state index in [-0.39, 0.29) is 18.3 Å². The van der Waals surface area contributed by atoms with Crippen molar-refractivity contribution in [2.75, 3.05) is 46.3 Å². The van der Waals surface area contributed by atoms with Gasteiger partial charge in [-0.3, -0.25) is 9.69 Å². The second-order valence-electron chi connectivity index (χ2n) is 5.25. The molecule has 0 unspecified atom stereocenters. The summed E-state index contributed by atoms with van der Waals surface area (Å²) < 4.78 is 0. The minimum atomic E-state index is 0. The predicted octanol–water partition coefficient (Wildman–Crippen LogP) is 2.32. The number of carbonyl (C=O) groups is 1. The van der Waals surface area contributed by atoms with Gasteiger partial charge in [-0.1, -0.05) is 29.3 Å². The normalized spacial score (nSPS) is 15.5. The van der Waals surface area contributed by atoms with Gasteiger partial charge in [0.25, 0.3) is 0 Å². The molecule has 1 aliphatic heterocycles. The number of benzene rings is 1. The minimum absolute atomic E-state index is 0. The molecule has 1 saturated heterocycles. The Hall–Kier alpha value is -0.520. The topological polar surface area (TPSA) is 35.6 Å². The summed E-state index contributed by atoms with van der Waals surface area (Å²) in [4.78, 5) is 16.1. The van der Waals surface area contributed by atoms with Crippen molar-refractivity contribution in [1.82, 2.24) is 15.1 Å². The average Bonchev–Trinajstić information content (AvgIpc) is 2.49. The zero-order valence-corrected chi connectivity index (χ0v) is 15.0. The van der Waals surface area contributed by atoms with Crippen LogP contribution in [0.15, 0.2) is 18.2 Å². The first-order chi connectivity index (χ1) is 10.1. The molecule has 0 aliphatic carbocycles. The Balaban J connectivity index is 0.00000242. The summed E-state index contributed by atoms with van der Waals surface area (Å²) in [5.74, 6) is 0.182. The first-order valence-corrected chi connectivity index (χ1v) is 7.94. The van der Waals surface area contributed by atoms with Gasteiger partial charge in [-0.15, -0.1) is 12.4 Å². The van der Waals surface area contributed by atoms with E-state index in [2.05, 4.69) is 10.2 Å². The Labute approximate surface area is 148 Å². The Morgan fingerprint density at radius 3 is 2.45 bits per heavy atom. The molecular formula is C15H22Cl3N3O. The quantitative estimate of drug-likeness (QED) is 0.869. The number of hydrogen-bond acceptors (Lipinski definition) is 3. The summed E-state index contributed by atoms with van der Waals surface area (Å²) in [5.41, 5.74) is 1.19. The zero-order chi connectivity index (χ0) is 15.2. The maximum atomic E-state index is 11.8. The molecule has 0 radical (unpaired) electrons. The fourth-order valence-electron chi connectivity index (χ4n) is 2.47. The summed E-state index contributed by atoms with van der Waals surface area (Å²) in [6.07, 6.45) is 0.946. The van der Waals surface area contributed by atoms with Crippen molar-refractivity contribution in [3.05, 3.63) is 33.8 Å². The minimum Gasteiger partial charge on any atom is -0.339 e. The summed E-state index contributed by atoms with van der Waals surface area (Å²) in [6.45, 7) is 4.87. The monoisotopic (exact) mass is 365 g/mol. The number of rotatable bonds is 5. The molecule has 0 spiro atoms. The van der Waals surface area contributed by atoms with Gasteiger partial charge < -0.3 is 10.2 Å². The van der Waals surface area contributed by atoms with Gasteiger partial charge in [-0.25, -0.2) is 0 Å². The van der Waals surface area contributed by atoms with Gasteiger partial charge in [0.05, 0.1) is 16.6 Å². The molecule has 1 fully saturated rings. The first-order valence-electron chi connectivity index (χ1n) is 7.19. The largest absolute Gasteiger partial charge is 0.339 e. The number of piperazine rings is 1. The molecule has 0 bridgehead atoms. The molecule has 0 atom stereocenters. The average molecular weight is 367 g/mol. The molecule has 1 aromatic carbocycles. The Kier molecular flexibility index (Phi) is 8.50. The van der Waals surface area contributed by atoms with E-state index in [9.17, 15) is 4.79 Å². The van der Waals surface area contributed by atoms with Crippen LogP contribution in [0.2, 0.25) is 10.0 Å². The second kappa shape index (κ2) is 9.58. The summed E-state index contributed by atoms with van der Waals surface area (Å²) in [6, 6.07) is 5.78. The van der Waals surface area contributed by atoms with E-state index in [1.165, 1.54) is 5.56 Å². The summed E-state index contributed by atoms with van der Waals surface area (Å²) in [5, 5.41) is 4.11. The van der Waals surface area contributed by atoms with Crippen LogP contribution in [0.4, 0.5) is 0 Å². The Morgan fingerprint density at radius 2 is 1.86 bits per heavy atom. The van der Waals surface area contributed by atoms with E-state index in [0.717, 1.165) is 39.1 Å². The lowest BCUT2D eigenvalue weighted by molar-refractivity contribution is -0.131. The van der Waals surface area contributed by atoms with Crippen molar-refractivity contribution in [1.29, 1.82) is 0 Å². The SMILES string of the molecule is CNCC(=O)N1CCN(CCc2ccc(Cl)c(Cl)c2)CC1.Cl. The van der Waals surface area contributed by atoms with Crippen LogP contribution in [-0.2, 0) is 11.2 Å². The van der Waals surface area contributed by atoms with Crippen molar-refractivity contribution < 1.29 is 4.79 Å². The van der Waals surface area contributed by atoms with Gasteiger partial charge in [0.15, 0.2) is 0 Å². The number of amides is 1. The molecule has 1 N–H and O–H groups in total. The zero-order valence-electron chi connectivity index (χ0n) is 12.6. The lowest BCUT2D eigenvalue weighted by Crippen LogP contribution is -2.50. The van der Waals surface area contributed by atoms with Crippen molar-refractivity contribution >= 4 is 41.5 Å². The van der Waals surface area contributed by atoms with Gasteiger partial charge in [0, 0.05) is 32.7 Å². The summed E-state index contributed by atoms with van der Waals surface area (Å²) in [7, 11) is 1.80. The maximum absolute atomic E-state index is 11.8. The van der Waals surface area contributed by atoms with Gasteiger partial charge in [-0.2, -0.15) is 0 Å². The molecule has 1 amide bonds. The highest BCUT2D eigenvalue weighted by atomic mass is 35.5. The smallest absolute Gasteiger partial charge is 0.236 e. The summed E-state index contributed by atoms with van der Waals surface area (Å²) >= 11 is 11.9. The van der Waals surface area contributed by atoms with E-state index in [1.54, 1.807) is 7.05 Å². The van der Waals surface area contributed by atoms with Gasteiger partial charge in [-0.05, 0) is 31.2 Å². The lowest BCUT2D eigenvalue weighted by Gasteiger charge is -2.34. The third-order valence-electron chi connectivity index (χ3n) is 3.75. The molecular weight excluding hydrogens is 345 g/mol. The highest BCUT2D eigenvalue weighted by molar-refractivity contribution is 6.42. The fourth-order valence-corrected chi connectivity index (χ4v) is 2.79. The van der Waals surface area contributed by atoms with Crippen molar-refractivity contribution in [2.45, 2.75) is 6.42 Å². The third kappa shape index (κ3) is 5.60. The molecule has 22 heavy (non-hydrogen) atoms. The standard InChI is InChI=1S/C15H21Cl2N3O.ClH/c1-18-11-15(21)20-8-6-19(7-9-20)5-4-12-2-3-13(16)14(17)10-12;/h2-3,10,18H,4-9,11H2,1H3;1H. The van der Waals surface area contributed by atoms with E-state index >= 15 is 0 Å². The van der Waals surface area contributed by atoms with Crippen molar-refractivity contribution in [3.8, 4) is 0 Å². The molecule has 124 valence electrons. The number of nitrogens with one attached hydrogen (secondary N) is 1. The van der Waals surface area contributed by atoms with Crippen molar-refractivity contribution in [3.63, 3.8) is 0 Å². The van der Waals surface area contributed by atoms with E-state index in [1.807, 2.05) is 23.1 Å². The maximum Gasteiger partial charge on any atom is 0.236 e. The van der Waals surface area contributed by atoms with Crippen LogP contribution in [0.25, 0.3) is 0 Å². The number of likely N-dealkylation sites (N-methyl/N-ethyl adjacent to an activating group) is 1. The molecule has 2 rings (SSSR count). The molecule has 0 saturated carbocycles. The molecule has 4 nitrogen and oxygen atoms in total. The third-order valence-corrected chi connectivity index (χ3v) is 4.49. The van der Waals surface area contributed by atoms with Crippen LogP contribution in [0.5, 0.6) is 0 Å². The molecule has 1 heterocycles. The van der Waals surface area contributed by atoms with Crippen LogP contribution in [0.3, 0.4) is 0 Å². The van der Waals surface area contributed by atoms with Crippen LogP contribution in [-0.4, -0.2) is 62.0 Å². The van der Waals surface area contributed by atoms with E-state index < -0.39 is 0 Å². The first kappa shape index (κ1) is 19.5. The molecule has 1 aromatic rings. The van der Waals surface area contributed by atoms with Crippen molar-refractivity contribution in [2.24, 2.45) is 0 Å². The van der Waals surface area contributed by atoms with E-state index in [4.69, 9.17) is 23.2 Å². The van der Waals surface area contributed by atoms with Crippen LogP contribution >= 0.6 is 35.6 Å². The second-order valence-corrected chi connectivity index (χ2v) is 6.07. The van der Waals surface area contributed by atoms with Crippen LogP contribution in [0.1, 0.15) is 5.56 Å². The molecule has 7 heteroatoms. The molecule has 0 aromatic heterocycles. The highest BCUT2D eigenvalue weighted by Gasteiger charge is 2.20. The number of carbonyl (C=O) groups excluding carboxylic acids is 1. The Morgan fingerprint density at radius 1 is 1.18 bits per heavy atom. The number of nitrogens with zero attached hydrogens (tertiary/aromatic N) is 2. The Bertz CT molecular complexity index is 491. The predicted molar refractivity (Wildman–Crippen MR) is 94.4 cm³/mol. The van der Waals surface area contributed by atoms with E-state index in [0.29, 0.717) is 16.6 Å². The van der Waals surface area contributed by atoms with Crippen LogP contribution < -0.4 is 5.32 Å². The number of halogens is 3. The van der Waals surface area contributed by atoms with Crippen LogP contribution in [0, 0.1) is 0 Å². The van der Waals surface area contributed by atoms with Gasteiger partial charge >= 0.3 is 0 Å².